The summed E-state index contributed by atoms with van der Waals surface area (Å²) in [6.45, 7) is 2.92. The molecule has 0 unspecified atom stereocenters. The third kappa shape index (κ3) is 4.70. The maximum absolute atomic E-state index is 12.6. The van der Waals surface area contributed by atoms with Crippen LogP contribution in [0.1, 0.15) is 26.2 Å². The SMILES string of the molecule is CCCC[C@@H]1C(=O)N(C)CCN1C(=O)Nc1cccc(S(N)(=O)=O)c1. The van der Waals surface area contributed by atoms with Crippen molar-refractivity contribution in [2.45, 2.75) is 37.1 Å². The zero-order valence-electron chi connectivity index (χ0n) is 14.4. The minimum Gasteiger partial charge on any atom is -0.342 e. The van der Waals surface area contributed by atoms with Crippen molar-refractivity contribution >= 4 is 27.6 Å². The first-order valence-corrected chi connectivity index (χ1v) is 9.74. The summed E-state index contributed by atoms with van der Waals surface area (Å²) in [4.78, 5) is 28.1. The Kier molecular flexibility index (Phi) is 6.02. The summed E-state index contributed by atoms with van der Waals surface area (Å²) in [5, 5.41) is 7.77. The van der Waals surface area contributed by atoms with Gasteiger partial charge in [-0.1, -0.05) is 25.8 Å². The molecular weight excluding hydrogens is 344 g/mol. The number of primary sulfonamides is 1. The quantitative estimate of drug-likeness (QED) is 0.813. The van der Waals surface area contributed by atoms with E-state index in [1.807, 2.05) is 6.92 Å². The third-order valence-corrected chi connectivity index (χ3v) is 5.13. The number of nitrogens with two attached hydrogens (primary N) is 1. The lowest BCUT2D eigenvalue weighted by atomic mass is 10.0. The molecule has 0 aromatic heterocycles. The summed E-state index contributed by atoms with van der Waals surface area (Å²) in [6, 6.07) is 4.81. The lowest BCUT2D eigenvalue weighted by Gasteiger charge is -2.39. The van der Waals surface area contributed by atoms with E-state index in [1.165, 1.54) is 23.1 Å². The van der Waals surface area contributed by atoms with Crippen molar-refractivity contribution in [2.24, 2.45) is 5.14 Å². The summed E-state index contributed by atoms with van der Waals surface area (Å²) in [5.41, 5.74) is 0.317. The third-order valence-electron chi connectivity index (χ3n) is 4.22. The molecule has 0 spiro atoms. The van der Waals surface area contributed by atoms with Gasteiger partial charge in [0.2, 0.25) is 15.9 Å². The fraction of sp³-hybridized carbons (Fsp3) is 0.500. The second-order valence-electron chi connectivity index (χ2n) is 6.11. The van der Waals surface area contributed by atoms with Crippen LogP contribution in [-0.4, -0.2) is 56.3 Å². The summed E-state index contributed by atoms with van der Waals surface area (Å²) < 4.78 is 22.9. The van der Waals surface area contributed by atoms with Crippen LogP contribution >= 0.6 is 0 Å². The largest absolute Gasteiger partial charge is 0.342 e. The maximum Gasteiger partial charge on any atom is 0.322 e. The molecule has 8 nitrogen and oxygen atoms in total. The molecule has 138 valence electrons. The number of amides is 3. The lowest BCUT2D eigenvalue weighted by molar-refractivity contribution is -0.138. The van der Waals surface area contributed by atoms with E-state index in [-0.39, 0.29) is 10.8 Å². The van der Waals surface area contributed by atoms with E-state index in [0.29, 0.717) is 25.2 Å². The lowest BCUT2D eigenvalue weighted by Crippen LogP contribution is -2.58. The number of likely N-dealkylation sites (N-methyl/N-ethyl adjacent to an activating group) is 1. The van der Waals surface area contributed by atoms with E-state index in [2.05, 4.69) is 5.32 Å². The Labute approximate surface area is 148 Å². The molecule has 1 heterocycles. The predicted octanol–water partition coefficient (Wildman–Crippen LogP) is 1.20. The van der Waals surface area contributed by atoms with E-state index in [1.54, 1.807) is 18.0 Å². The summed E-state index contributed by atoms with van der Waals surface area (Å²) in [5.74, 6) is -0.0758. The summed E-state index contributed by atoms with van der Waals surface area (Å²) in [7, 11) is -2.12. The molecule has 1 aliphatic heterocycles. The van der Waals surface area contributed by atoms with Crippen LogP contribution in [-0.2, 0) is 14.8 Å². The molecule has 1 aliphatic rings. The zero-order chi connectivity index (χ0) is 18.6. The van der Waals surface area contributed by atoms with Crippen molar-refractivity contribution in [2.75, 3.05) is 25.5 Å². The summed E-state index contributed by atoms with van der Waals surface area (Å²) >= 11 is 0. The van der Waals surface area contributed by atoms with Gasteiger partial charge in [0.15, 0.2) is 0 Å². The van der Waals surface area contributed by atoms with E-state index in [0.717, 1.165) is 12.8 Å². The molecule has 1 aromatic carbocycles. The van der Waals surface area contributed by atoms with E-state index in [9.17, 15) is 18.0 Å². The number of nitrogens with zero attached hydrogens (tertiary/aromatic N) is 2. The Hall–Kier alpha value is -2.13. The van der Waals surface area contributed by atoms with Crippen molar-refractivity contribution in [3.05, 3.63) is 24.3 Å². The van der Waals surface area contributed by atoms with Gasteiger partial charge in [0, 0.05) is 25.8 Å². The number of nitrogens with one attached hydrogen (secondary N) is 1. The molecule has 1 aromatic rings. The van der Waals surface area contributed by atoms with Gasteiger partial charge in [-0.05, 0) is 24.6 Å². The molecule has 3 amide bonds. The number of carbonyl (C=O) groups is 2. The number of urea groups is 1. The van der Waals surface area contributed by atoms with Crippen LogP contribution in [0.4, 0.5) is 10.5 Å². The highest BCUT2D eigenvalue weighted by Crippen LogP contribution is 2.19. The van der Waals surface area contributed by atoms with Crippen molar-refractivity contribution < 1.29 is 18.0 Å². The van der Waals surface area contributed by atoms with Gasteiger partial charge in [-0.15, -0.1) is 0 Å². The number of hydrogen-bond donors (Lipinski definition) is 2. The van der Waals surface area contributed by atoms with Gasteiger partial charge in [-0.25, -0.2) is 18.4 Å². The molecule has 0 saturated carbocycles. The van der Waals surface area contributed by atoms with Crippen LogP contribution < -0.4 is 10.5 Å². The van der Waals surface area contributed by atoms with Crippen LogP contribution in [0.2, 0.25) is 0 Å². The van der Waals surface area contributed by atoms with Gasteiger partial charge < -0.3 is 15.1 Å². The van der Waals surface area contributed by atoms with Crippen molar-refractivity contribution in [3.8, 4) is 0 Å². The first kappa shape index (κ1) is 19.2. The highest BCUT2D eigenvalue weighted by atomic mass is 32.2. The molecule has 25 heavy (non-hydrogen) atoms. The molecule has 3 N–H and O–H groups in total. The topological polar surface area (TPSA) is 113 Å². The highest BCUT2D eigenvalue weighted by molar-refractivity contribution is 7.89. The van der Waals surface area contributed by atoms with E-state index in [4.69, 9.17) is 5.14 Å². The first-order valence-electron chi connectivity index (χ1n) is 8.19. The standard InChI is InChI=1S/C16H24N4O4S/c1-3-4-8-14-15(21)19(2)9-10-20(14)16(22)18-12-6-5-7-13(11-12)25(17,23)24/h5-7,11,14H,3-4,8-10H2,1-2H3,(H,18,22)(H2,17,23,24)/t14-/m1/s1. The van der Waals surface area contributed by atoms with Crippen LogP contribution in [0.15, 0.2) is 29.2 Å². The fourth-order valence-corrected chi connectivity index (χ4v) is 3.34. The average molecular weight is 368 g/mol. The second kappa shape index (κ2) is 7.83. The molecule has 1 atom stereocenters. The molecule has 1 saturated heterocycles. The molecule has 1 fully saturated rings. The van der Waals surface area contributed by atoms with Gasteiger partial charge in [0.1, 0.15) is 6.04 Å². The number of carbonyl (C=O) groups excluding carboxylic acids is 2. The van der Waals surface area contributed by atoms with Crippen molar-refractivity contribution in [1.82, 2.24) is 9.80 Å². The number of hydrogen-bond acceptors (Lipinski definition) is 4. The number of sulfonamides is 1. The second-order valence-corrected chi connectivity index (χ2v) is 7.68. The number of rotatable bonds is 5. The van der Waals surface area contributed by atoms with Crippen LogP contribution in [0, 0.1) is 0 Å². The average Bonchev–Trinajstić information content (AvgIpc) is 2.55. The molecule has 0 aliphatic carbocycles. The van der Waals surface area contributed by atoms with Gasteiger partial charge in [-0.2, -0.15) is 0 Å². The van der Waals surface area contributed by atoms with E-state index >= 15 is 0 Å². The molecule has 2 rings (SSSR count). The Morgan fingerprint density at radius 2 is 2.08 bits per heavy atom. The number of benzene rings is 1. The predicted molar refractivity (Wildman–Crippen MR) is 94.5 cm³/mol. The zero-order valence-corrected chi connectivity index (χ0v) is 15.3. The fourth-order valence-electron chi connectivity index (χ4n) is 2.78. The Bertz CT molecular complexity index is 750. The Morgan fingerprint density at radius 1 is 1.36 bits per heavy atom. The molecular formula is C16H24N4O4S. The van der Waals surface area contributed by atoms with Crippen LogP contribution in [0.3, 0.4) is 0 Å². The minimum atomic E-state index is -3.85. The highest BCUT2D eigenvalue weighted by Gasteiger charge is 2.35. The number of piperazine rings is 1. The van der Waals surface area contributed by atoms with Gasteiger partial charge in [0.05, 0.1) is 4.90 Å². The van der Waals surface area contributed by atoms with Crippen LogP contribution in [0.25, 0.3) is 0 Å². The minimum absolute atomic E-state index is 0.0758. The summed E-state index contributed by atoms with van der Waals surface area (Å²) in [6.07, 6.45) is 2.37. The number of unbranched alkanes of at least 4 members (excludes halogenated alkanes) is 1. The normalized spacial score (nSPS) is 18.4. The van der Waals surface area contributed by atoms with Gasteiger partial charge in [-0.3, -0.25) is 4.79 Å². The van der Waals surface area contributed by atoms with Gasteiger partial charge >= 0.3 is 6.03 Å². The van der Waals surface area contributed by atoms with Crippen molar-refractivity contribution in [3.63, 3.8) is 0 Å². The molecule has 0 radical (unpaired) electrons. The monoisotopic (exact) mass is 368 g/mol. The number of anilines is 1. The Morgan fingerprint density at radius 3 is 2.72 bits per heavy atom. The van der Waals surface area contributed by atoms with Crippen LogP contribution in [0.5, 0.6) is 0 Å². The van der Waals surface area contributed by atoms with Crippen molar-refractivity contribution in [1.29, 1.82) is 0 Å². The van der Waals surface area contributed by atoms with Gasteiger partial charge in [0.25, 0.3) is 0 Å². The molecule has 0 bridgehead atoms. The van der Waals surface area contributed by atoms with E-state index < -0.39 is 22.1 Å². The maximum atomic E-state index is 12.6. The molecule has 9 heteroatoms. The first-order chi connectivity index (χ1) is 11.7. The Balaban J connectivity index is 2.17. The smallest absolute Gasteiger partial charge is 0.322 e.